The average Bonchev–Trinajstić information content (AvgIpc) is 2.85. The second-order valence-electron chi connectivity index (χ2n) is 4.68. The van der Waals surface area contributed by atoms with Gasteiger partial charge < -0.3 is 14.4 Å². The van der Waals surface area contributed by atoms with Crippen molar-refractivity contribution in [2.45, 2.75) is 0 Å². The molecule has 25 heavy (non-hydrogen) atoms. The van der Waals surface area contributed by atoms with Gasteiger partial charge in [0, 0.05) is 6.20 Å². The number of rotatable bonds is 3. The molecule has 0 amide bonds. The molecule has 0 saturated carbocycles. The molecule has 0 saturated heterocycles. The summed E-state index contributed by atoms with van der Waals surface area (Å²) in [5, 5.41) is 9.18. The molecule has 0 N–H and O–H groups in total. The summed E-state index contributed by atoms with van der Waals surface area (Å²) < 4.78 is 36.7. The highest BCUT2D eigenvalue weighted by Crippen LogP contribution is 2.31. The van der Waals surface area contributed by atoms with Crippen LogP contribution in [0.25, 0.3) is 0 Å². The Hall–Kier alpha value is -3.47. The van der Waals surface area contributed by atoms with Gasteiger partial charge in [0.25, 0.3) is 0 Å². The molecule has 1 aromatic carbocycles. The quantitative estimate of drug-likeness (QED) is 0.782. The number of ether oxygens (including phenoxy) is 2. The van der Waals surface area contributed by atoms with Crippen molar-refractivity contribution in [2.75, 3.05) is 19.1 Å². The lowest BCUT2D eigenvalue weighted by Crippen LogP contribution is -2.27. The zero-order valence-electron chi connectivity index (χ0n) is 13.2. The number of esters is 2. The summed E-state index contributed by atoms with van der Waals surface area (Å²) in [5.41, 5.74) is -1.24. The topological polar surface area (TPSA) is 79.6 Å². The van der Waals surface area contributed by atoms with Gasteiger partial charge in [0.15, 0.2) is 11.6 Å². The third-order valence-electron chi connectivity index (χ3n) is 3.33. The number of benzene rings is 1. The SMILES string of the molecule is COC(=O)C1=C(C(=O)OC)N(c2ccc(F)c(F)c2C#N)C=CC=C1. The summed E-state index contributed by atoms with van der Waals surface area (Å²) in [5.74, 6) is -4.35. The minimum absolute atomic E-state index is 0.136. The van der Waals surface area contributed by atoms with E-state index < -0.39 is 29.1 Å². The molecule has 0 radical (unpaired) electrons. The van der Waals surface area contributed by atoms with E-state index in [0.29, 0.717) is 0 Å². The lowest BCUT2D eigenvalue weighted by Gasteiger charge is -2.24. The fourth-order valence-electron chi connectivity index (χ4n) is 2.20. The van der Waals surface area contributed by atoms with E-state index in [4.69, 9.17) is 0 Å². The predicted molar refractivity (Wildman–Crippen MR) is 82.9 cm³/mol. The van der Waals surface area contributed by atoms with E-state index in [1.54, 1.807) is 6.07 Å². The molecule has 6 nitrogen and oxygen atoms in total. The van der Waals surface area contributed by atoms with Crippen LogP contribution in [0.2, 0.25) is 0 Å². The van der Waals surface area contributed by atoms with Gasteiger partial charge in [-0.3, -0.25) is 0 Å². The van der Waals surface area contributed by atoms with Gasteiger partial charge >= 0.3 is 11.9 Å². The van der Waals surface area contributed by atoms with Crippen molar-refractivity contribution < 1.29 is 27.8 Å². The molecule has 0 aromatic heterocycles. The summed E-state index contributed by atoms with van der Waals surface area (Å²) in [4.78, 5) is 25.3. The Morgan fingerprint density at radius 3 is 2.40 bits per heavy atom. The maximum atomic E-state index is 14.0. The molecule has 1 heterocycles. The minimum Gasteiger partial charge on any atom is -0.465 e. The molecule has 0 atom stereocenters. The highest BCUT2D eigenvalue weighted by Gasteiger charge is 2.29. The molecule has 8 heteroatoms. The van der Waals surface area contributed by atoms with E-state index in [9.17, 15) is 23.6 Å². The first-order chi connectivity index (χ1) is 12.0. The number of hydrogen-bond acceptors (Lipinski definition) is 6. The van der Waals surface area contributed by atoms with Crippen molar-refractivity contribution in [2.24, 2.45) is 0 Å². The standard InChI is InChI=1S/C17H12F2N2O4/c1-24-16(22)10-5-3-4-8-21(15(10)17(23)25-2)13-7-6-12(18)14(19)11(13)9-20/h3-8H,1-2H3. The Morgan fingerprint density at radius 1 is 1.12 bits per heavy atom. The van der Waals surface area contributed by atoms with Gasteiger partial charge in [0.1, 0.15) is 17.3 Å². The first-order valence-corrected chi connectivity index (χ1v) is 6.89. The molecule has 1 aliphatic heterocycles. The first-order valence-electron chi connectivity index (χ1n) is 6.89. The number of allylic oxidation sites excluding steroid dienone is 2. The van der Waals surface area contributed by atoms with Crippen LogP contribution in [0.4, 0.5) is 14.5 Å². The van der Waals surface area contributed by atoms with Crippen molar-refractivity contribution in [3.8, 4) is 6.07 Å². The Labute approximate surface area is 141 Å². The fourth-order valence-corrected chi connectivity index (χ4v) is 2.20. The van der Waals surface area contributed by atoms with E-state index in [1.165, 1.54) is 24.4 Å². The van der Waals surface area contributed by atoms with Crippen LogP contribution in [-0.2, 0) is 19.1 Å². The number of hydrogen-bond donors (Lipinski definition) is 0. The second kappa shape index (κ2) is 7.40. The third-order valence-corrected chi connectivity index (χ3v) is 3.33. The van der Waals surface area contributed by atoms with E-state index in [2.05, 4.69) is 9.47 Å². The van der Waals surface area contributed by atoms with Gasteiger partial charge in [-0.2, -0.15) is 5.26 Å². The van der Waals surface area contributed by atoms with Crippen molar-refractivity contribution in [3.05, 3.63) is 65.0 Å². The number of carbonyl (C=O) groups is 2. The zero-order chi connectivity index (χ0) is 18.6. The molecule has 0 unspecified atom stereocenters. The zero-order valence-corrected chi connectivity index (χ0v) is 13.2. The van der Waals surface area contributed by atoms with Crippen LogP contribution in [0.1, 0.15) is 5.56 Å². The molecule has 0 bridgehead atoms. The number of halogens is 2. The lowest BCUT2D eigenvalue weighted by molar-refractivity contribution is -0.139. The monoisotopic (exact) mass is 346 g/mol. The second-order valence-corrected chi connectivity index (χ2v) is 4.68. The molecule has 0 spiro atoms. The normalized spacial score (nSPS) is 13.3. The smallest absolute Gasteiger partial charge is 0.355 e. The highest BCUT2D eigenvalue weighted by molar-refractivity contribution is 6.05. The van der Waals surface area contributed by atoms with E-state index in [0.717, 1.165) is 31.3 Å². The van der Waals surface area contributed by atoms with Crippen LogP contribution >= 0.6 is 0 Å². The van der Waals surface area contributed by atoms with Crippen LogP contribution in [0, 0.1) is 23.0 Å². The van der Waals surface area contributed by atoms with Gasteiger partial charge in [-0.15, -0.1) is 0 Å². The Kier molecular flexibility index (Phi) is 5.29. The first kappa shape index (κ1) is 17.9. The van der Waals surface area contributed by atoms with Crippen molar-refractivity contribution in [1.29, 1.82) is 5.26 Å². The van der Waals surface area contributed by atoms with Gasteiger partial charge in [-0.25, -0.2) is 18.4 Å². The number of nitriles is 1. The summed E-state index contributed by atoms with van der Waals surface area (Å²) >= 11 is 0. The molecule has 2 rings (SSSR count). The average molecular weight is 346 g/mol. The van der Waals surface area contributed by atoms with E-state index in [-0.39, 0.29) is 17.0 Å². The molecular formula is C17H12F2N2O4. The maximum Gasteiger partial charge on any atom is 0.355 e. The Morgan fingerprint density at radius 2 is 1.80 bits per heavy atom. The molecule has 1 aromatic rings. The maximum absolute atomic E-state index is 14.0. The van der Waals surface area contributed by atoms with Crippen LogP contribution in [0.3, 0.4) is 0 Å². The highest BCUT2D eigenvalue weighted by atomic mass is 19.2. The summed E-state index contributed by atoms with van der Waals surface area (Å²) in [6.07, 6.45) is 5.51. The number of carbonyl (C=O) groups excluding carboxylic acids is 2. The summed E-state index contributed by atoms with van der Waals surface area (Å²) in [6, 6.07) is 3.48. The number of methoxy groups -OCH3 is 2. The van der Waals surface area contributed by atoms with Crippen molar-refractivity contribution in [1.82, 2.24) is 0 Å². The number of anilines is 1. The predicted octanol–water partition coefficient (Wildman–Crippen LogP) is 2.33. The molecule has 0 fully saturated rings. The van der Waals surface area contributed by atoms with Crippen LogP contribution in [0.15, 0.2) is 47.8 Å². The minimum atomic E-state index is -1.37. The van der Waals surface area contributed by atoms with E-state index in [1.807, 2.05) is 0 Å². The van der Waals surface area contributed by atoms with Gasteiger partial charge in [0.2, 0.25) is 0 Å². The third kappa shape index (κ3) is 3.26. The van der Waals surface area contributed by atoms with Gasteiger partial charge in [-0.1, -0.05) is 6.08 Å². The van der Waals surface area contributed by atoms with Crippen molar-refractivity contribution in [3.63, 3.8) is 0 Å². The van der Waals surface area contributed by atoms with Crippen LogP contribution in [-0.4, -0.2) is 26.2 Å². The fraction of sp³-hybridized carbons (Fsp3) is 0.118. The summed E-state index contributed by atoms with van der Waals surface area (Å²) in [6.45, 7) is 0. The molecule has 1 aliphatic rings. The van der Waals surface area contributed by atoms with E-state index >= 15 is 0 Å². The molecule has 0 aliphatic carbocycles. The Bertz CT molecular complexity index is 866. The largest absolute Gasteiger partial charge is 0.465 e. The Balaban J connectivity index is 2.79. The lowest BCUT2D eigenvalue weighted by atomic mass is 10.1. The molecular weight excluding hydrogens is 334 g/mol. The van der Waals surface area contributed by atoms with Gasteiger partial charge in [0.05, 0.1) is 25.5 Å². The number of nitrogens with zero attached hydrogens (tertiary/aromatic N) is 2. The van der Waals surface area contributed by atoms with Crippen LogP contribution < -0.4 is 4.90 Å². The molecule has 128 valence electrons. The van der Waals surface area contributed by atoms with Crippen LogP contribution in [0.5, 0.6) is 0 Å². The summed E-state index contributed by atoms with van der Waals surface area (Å²) in [7, 11) is 2.22. The van der Waals surface area contributed by atoms with Crippen molar-refractivity contribution >= 4 is 17.6 Å². The van der Waals surface area contributed by atoms with Gasteiger partial charge in [-0.05, 0) is 24.3 Å².